The molecule has 0 atom stereocenters. The van der Waals surface area contributed by atoms with E-state index in [2.05, 4.69) is 4.74 Å². The monoisotopic (exact) mass is 228 g/mol. The molecule has 5 heteroatoms. The van der Waals surface area contributed by atoms with Gasteiger partial charge < -0.3 is 14.6 Å². The zero-order valence-electron chi connectivity index (χ0n) is 9.28. The Labute approximate surface area is 92.6 Å². The fraction of sp³-hybridized carbons (Fsp3) is 0.364. The van der Waals surface area contributed by atoms with E-state index in [9.17, 15) is 14.3 Å². The molecule has 0 saturated heterocycles. The molecule has 0 saturated carbocycles. The summed E-state index contributed by atoms with van der Waals surface area (Å²) < 4.78 is 22.7. The quantitative estimate of drug-likeness (QED) is 0.805. The topological polar surface area (TPSA) is 55.8 Å². The van der Waals surface area contributed by atoms with E-state index in [1.807, 2.05) is 0 Å². The van der Waals surface area contributed by atoms with Crippen LogP contribution in [0.3, 0.4) is 0 Å². The Hall–Kier alpha value is -1.78. The molecular weight excluding hydrogens is 215 g/mol. The lowest BCUT2D eigenvalue weighted by Gasteiger charge is -2.14. The van der Waals surface area contributed by atoms with Crippen LogP contribution in [0.5, 0.6) is 11.5 Å². The zero-order valence-corrected chi connectivity index (χ0v) is 9.28. The first-order valence-corrected chi connectivity index (χ1v) is 4.73. The highest BCUT2D eigenvalue weighted by Crippen LogP contribution is 2.32. The summed E-state index contributed by atoms with van der Waals surface area (Å²) >= 11 is 0. The van der Waals surface area contributed by atoms with Crippen molar-refractivity contribution in [1.29, 1.82) is 0 Å². The predicted molar refractivity (Wildman–Crippen MR) is 55.2 cm³/mol. The number of carbonyl (C=O) groups excluding carboxylic acids is 1. The van der Waals surface area contributed by atoms with Gasteiger partial charge in [-0.05, 0) is 19.9 Å². The zero-order chi connectivity index (χ0) is 12.3. The minimum Gasteiger partial charge on any atom is -0.504 e. The Morgan fingerprint density at radius 1 is 1.44 bits per heavy atom. The van der Waals surface area contributed by atoms with Crippen molar-refractivity contribution in [2.75, 3.05) is 7.11 Å². The number of methoxy groups -OCH3 is 1. The van der Waals surface area contributed by atoms with E-state index in [0.29, 0.717) is 0 Å². The smallest absolute Gasteiger partial charge is 0.341 e. The average Bonchev–Trinajstić information content (AvgIpc) is 2.20. The lowest BCUT2D eigenvalue weighted by molar-refractivity contribution is 0.0592. The molecule has 4 nitrogen and oxygen atoms in total. The molecule has 0 aliphatic rings. The molecule has 88 valence electrons. The number of carbonyl (C=O) groups is 1. The molecule has 0 aliphatic carbocycles. The Kier molecular flexibility index (Phi) is 3.71. The molecule has 0 spiro atoms. The number of halogens is 1. The molecule has 1 N–H and O–H groups in total. The molecule has 0 fully saturated rings. The molecule has 0 radical (unpaired) electrons. The number of phenols is 1. The number of benzene rings is 1. The van der Waals surface area contributed by atoms with Crippen LogP contribution >= 0.6 is 0 Å². The van der Waals surface area contributed by atoms with Crippen molar-refractivity contribution < 1.29 is 23.8 Å². The van der Waals surface area contributed by atoms with Gasteiger partial charge in [0, 0.05) is 6.07 Å². The van der Waals surface area contributed by atoms with Crippen LogP contribution in [0.2, 0.25) is 0 Å². The van der Waals surface area contributed by atoms with Gasteiger partial charge in [-0.25, -0.2) is 9.18 Å². The molecule has 0 amide bonds. The van der Waals surface area contributed by atoms with Crippen LogP contribution in [0.4, 0.5) is 4.39 Å². The Morgan fingerprint density at radius 3 is 2.56 bits per heavy atom. The normalized spacial score (nSPS) is 10.3. The number of hydrogen-bond acceptors (Lipinski definition) is 4. The number of aromatic hydroxyl groups is 1. The first-order chi connectivity index (χ1) is 7.45. The second-order valence-electron chi connectivity index (χ2n) is 3.46. The number of ether oxygens (including phenoxy) is 2. The summed E-state index contributed by atoms with van der Waals surface area (Å²) in [5.74, 6) is -1.98. The van der Waals surface area contributed by atoms with Crippen molar-refractivity contribution in [3.8, 4) is 11.5 Å². The number of hydrogen-bond donors (Lipinski definition) is 1. The second-order valence-corrected chi connectivity index (χ2v) is 3.46. The molecule has 0 bridgehead atoms. The number of rotatable bonds is 3. The molecule has 16 heavy (non-hydrogen) atoms. The van der Waals surface area contributed by atoms with Crippen molar-refractivity contribution in [3.05, 3.63) is 23.5 Å². The van der Waals surface area contributed by atoms with Gasteiger partial charge in [-0.15, -0.1) is 0 Å². The van der Waals surface area contributed by atoms with Gasteiger partial charge in [0.25, 0.3) is 0 Å². The third kappa shape index (κ3) is 2.62. The van der Waals surface area contributed by atoms with Crippen molar-refractivity contribution >= 4 is 5.97 Å². The first-order valence-electron chi connectivity index (χ1n) is 4.73. The van der Waals surface area contributed by atoms with Crippen molar-refractivity contribution in [3.63, 3.8) is 0 Å². The van der Waals surface area contributed by atoms with E-state index < -0.39 is 17.5 Å². The van der Waals surface area contributed by atoms with Crippen LogP contribution in [0.1, 0.15) is 24.2 Å². The minimum absolute atomic E-state index is 0.0664. The van der Waals surface area contributed by atoms with Gasteiger partial charge in [-0.1, -0.05) is 0 Å². The highest BCUT2D eigenvalue weighted by molar-refractivity contribution is 5.93. The summed E-state index contributed by atoms with van der Waals surface area (Å²) in [6.07, 6.45) is -0.250. The lowest BCUT2D eigenvalue weighted by atomic mass is 10.1. The molecule has 1 aromatic rings. The van der Waals surface area contributed by atoms with E-state index in [0.717, 1.165) is 12.1 Å². The fourth-order valence-electron chi connectivity index (χ4n) is 1.20. The highest BCUT2D eigenvalue weighted by Gasteiger charge is 2.19. The van der Waals surface area contributed by atoms with Crippen molar-refractivity contribution in [2.45, 2.75) is 20.0 Å². The largest absolute Gasteiger partial charge is 0.504 e. The van der Waals surface area contributed by atoms with Gasteiger partial charge in [0.15, 0.2) is 11.5 Å². The molecule has 1 rings (SSSR count). The van der Waals surface area contributed by atoms with E-state index in [4.69, 9.17) is 4.74 Å². The molecule has 0 heterocycles. The van der Waals surface area contributed by atoms with Crippen molar-refractivity contribution in [1.82, 2.24) is 0 Å². The maximum Gasteiger partial charge on any atom is 0.341 e. The van der Waals surface area contributed by atoms with Gasteiger partial charge in [0.1, 0.15) is 11.4 Å². The van der Waals surface area contributed by atoms with E-state index >= 15 is 0 Å². The van der Waals surface area contributed by atoms with Crippen LogP contribution < -0.4 is 4.74 Å². The molecule has 0 aliphatic heterocycles. The second kappa shape index (κ2) is 4.83. The summed E-state index contributed by atoms with van der Waals surface area (Å²) in [6.45, 7) is 3.45. The summed E-state index contributed by atoms with van der Waals surface area (Å²) in [6, 6.07) is 1.84. The van der Waals surface area contributed by atoms with Crippen LogP contribution in [0.15, 0.2) is 12.1 Å². The Morgan fingerprint density at radius 2 is 2.06 bits per heavy atom. The van der Waals surface area contributed by atoms with Gasteiger partial charge >= 0.3 is 5.97 Å². The van der Waals surface area contributed by atoms with Crippen LogP contribution in [-0.4, -0.2) is 24.3 Å². The third-order valence-corrected chi connectivity index (χ3v) is 1.79. The van der Waals surface area contributed by atoms with Crippen molar-refractivity contribution in [2.24, 2.45) is 0 Å². The SMILES string of the molecule is COC(=O)c1cc(F)cc(O)c1OC(C)C. The number of esters is 1. The Balaban J connectivity index is 3.26. The van der Waals surface area contributed by atoms with Crippen LogP contribution in [0.25, 0.3) is 0 Å². The maximum absolute atomic E-state index is 13.0. The van der Waals surface area contributed by atoms with E-state index in [-0.39, 0.29) is 17.4 Å². The minimum atomic E-state index is -0.759. The van der Waals surface area contributed by atoms with Gasteiger partial charge in [0.05, 0.1) is 13.2 Å². The molecule has 0 aromatic heterocycles. The number of phenolic OH excluding ortho intramolecular Hbond substituents is 1. The summed E-state index contributed by atoms with van der Waals surface area (Å²) in [5.41, 5.74) is -0.131. The summed E-state index contributed by atoms with van der Waals surface area (Å²) in [4.78, 5) is 11.3. The van der Waals surface area contributed by atoms with Crippen LogP contribution in [-0.2, 0) is 4.74 Å². The Bertz CT molecular complexity index is 401. The van der Waals surface area contributed by atoms with Gasteiger partial charge in [-0.2, -0.15) is 0 Å². The van der Waals surface area contributed by atoms with E-state index in [1.165, 1.54) is 7.11 Å². The van der Waals surface area contributed by atoms with E-state index in [1.54, 1.807) is 13.8 Å². The predicted octanol–water partition coefficient (Wildman–Crippen LogP) is 2.11. The molecule has 0 unspecified atom stereocenters. The summed E-state index contributed by atoms with van der Waals surface area (Å²) in [7, 11) is 1.17. The average molecular weight is 228 g/mol. The standard InChI is InChI=1S/C11H13FO4/c1-6(2)16-10-8(11(14)15-3)4-7(12)5-9(10)13/h4-6,13H,1-3H3. The fourth-order valence-corrected chi connectivity index (χ4v) is 1.20. The molecular formula is C11H13FO4. The van der Waals surface area contributed by atoms with Gasteiger partial charge in [-0.3, -0.25) is 0 Å². The first kappa shape index (κ1) is 12.3. The third-order valence-electron chi connectivity index (χ3n) is 1.79. The summed E-state index contributed by atoms with van der Waals surface area (Å²) in [5, 5.41) is 9.49. The lowest BCUT2D eigenvalue weighted by Crippen LogP contribution is -2.11. The van der Waals surface area contributed by atoms with Gasteiger partial charge in [0.2, 0.25) is 0 Å². The molecule has 1 aromatic carbocycles. The van der Waals surface area contributed by atoms with Crippen LogP contribution in [0, 0.1) is 5.82 Å². The highest BCUT2D eigenvalue weighted by atomic mass is 19.1. The maximum atomic E-state index is 13.0.